The van der Waals surface area contributed by atoms with Crippen LogP contribution >= 0.6 is 0 Å². The highest BCUT2D eigenvalue weighted by Gasteiger charge is 2.63. The lowest BCUT2D eigenvalue weighted by Gasteiger charge is -2.43. The summed E-state index contributed by atoms with van der Waals surface area (Å²) >= 11 is 0. The van der Waals surface area contributed by atoms with Crippen LogP contribution in [0, 0.1) is 17.8 Å². The van der Waals surface area contributed by atoms with E-state index in [0.717, 1.165) is 0 Å². The average Bonchev–Trinajstić information content (AvgIpc) is 2.09. The van der Waals surface area contributed by atoms with Crippen molar-refractivity contribution in [3.63, 3.8) is 0 Å². The summed E-state index contributed by atoms with van der Waals surface area (Å²) in [5.74, 6) is -8.94. The van der Waals surface area contributed by atoms with E-state index in [4.69, 9.17) is 5.11 Å². The van der Waals surface area contributed by atoms with Crippen LogP contribution in [0.15, 0.2) is 0 Å². The summed E-state index contributed by atoms with van der Waals surface area (Å²) in [6.07, 6.45) is -11.4. The number of rotatable bonds is 3. The van der Waals surface area contributed by atoms with E-state index in [2.05, 4.69) is 0 Å². The first-order valence-corrected chi connectivity index (χ1v) is 5.50. The van der Waals surface area contributed by atoms with Crippen LogP contribution in [0.2, 0.25) is 0 Å². The quantitative estimate of drug-likeness (QED) is 0.810. The third kappa shape index (κ3) is 3.34. The number of alkyl halides is 6. The minimum absolute atomic E-state index is 0.385. The molecule has 20 heavy (non-hydrogen) atoms. The topological polar surface area (TPSA) is 57.6 Å². The van der Waals surface area contributed by atoms with Crippen molar-refractivity contribution in [1.82, 2.24) is 4.90 Å². The molecule has 0 aromatic carbocycles. The summed E-state index contributed by atoms with van der Waals surface area (Å²) in [5.41, 5.74) is 0. The molecule has 1 rings (SSSR count). The van der Waals surface area contributed by atoms with Crippen LogP contribution in [-0.4, -0.2) is 47.3 Å². The van der Waals surface area contributed by atoms with E-state index in [1.807, 2.05) is 0 Å². The first kappa shape index (κ1) is 16.6. The van der Waals surface area contributed by atoms with Crippen molar-refractivity contribution in [2.75, 3.05) is 13.1 Å². The Morgan fingerprint density at radius 2 is 1.50 bits per heavy atom. The maximum atomic E-state index is 12.3. The lowest BCUT2D eigenvalue weighted by atomic mass is 9.86. The molecule has 10 heteroatoms. The Morgan fingerprint density at radius 3 is 1.80 bits per heavy atom. The Bertz CT molecular complexity index is 385. The highest BCUT2D eigenvalue weighted by atomic mass is 19.4. The highest BCUT2D eigenvalue weighted by molar-refractivity contribution is 5.81. The molecule has 0 saturated carbocycles. The van der Waals surface area contributed by atoms with E-state index < -0.39 is 55.1 Å². The minimum Gasteiger partial charge on any atom is -0.481 e. The molecule has 1 unspecified atom stereocenters. The summed E-state index contributed by atoms with van der Waals surface area (Å²) in [4.78, 5) is 22.3. The number of amides is 1. The molecule has 1 N–H and O–H groups in total. The van der Waals surface area contributed by atoms with Gasteiger partial charge in [-0.3, -0.25) is 9.59 Å². The number of aliphatic carboxylic acids is 1. The van der Waals surface area contributed by atoms with E-state index in [1.165, 1.54) is 6.92 Å². The maximum Gasteiger partial charge on any atom is 0.409 e. The van der Waals surface area contributed by atoms with Gasteiger partial charge in [-0.1, -0.05) is 6.92 Å². The van der Waals surface area contributed by atoms with Gasteiger partial charge in [-0.05, 0) is 0 Å². The molecular weight excluding hydrogens is 296 g/mol. The van der Waals surface area contributed by atoms with Gasteiger partial charge >= 0.3 is 18.3 Å². The fourth-order valence-electron chi connectivity index (χ4n) is 1.86. The molecule has 1 heterocycles. The Morgan fingerprint density at radius 1 is 1.10 bits per heavy atom. The number of carboxylic acid groups (broad SMARTS) is 1. The van der Waals surface area contributed by atoms with Gasteiger partial charge in [0.1, 0.15) is 0 Å². The first-order valence-electron chi connectivity index (χ1n) is 5.50. The van der Waals surface area contributed by atoms with Crippen LogP contribution in [0.4, 0.5) is 26.3 Å². The van der Waals surface area contributed by atoms with Gasteiger partial charge in [-0.15, -0.1) is 0 Å². The molecule has 1 amide bonds. The molecule has 0 aliphatic carbocycles. The molecule has 0 aromatic rings. The number of carbonyl (C=O) groups is 2. The molecule has 1 atom stereocenters. The lowest BCUT2D eigenvalue weighted by Crippen LogP contribution is -2.59. The van der Waals surface area contributed by atoms with Crippen molar-refractivity contribution in [2.24, 2.45) is 17.8 Å². The predicted octanol–water partition coefficient (Wildman–Crippen LogP) is 1.91. The molecule has 0 aromatic heterocycles. The van der Waals surface area contributed by atoms with Gasteiger partial charge in [-0.25, -0.2) is 0 Å². The molecule has 116 valence electrons. The second-order valence-electron chi connectivity index (χ2n) is 4.65. The summed E-state index contributed by atoms with van der Waals surface area (Å²) in [5, 5.41) is 8.65. The number of halogens is 6. The Hall–Kier alpha value is -1.48. The summed E-state index contributed by atoms with van der Waals surface area (Å²) < 4.78 is 73.9. The number of likely N-dealkylation sites (tertiary alicyclic amines) is 1. The van der Waals surface area contributed by atoms with Crippen molar-refractivity contribution < 1.29 is 41.0 Å². The molecule has 1 fully saturated rings. The number of hydrogen-bond acceptors (Lipinski definition) is 2. The molecule has 1 aliphatic rings. The smallest absolute Gasteiger partial charge is 0.409 e. The molecule has 0 radical (unpaired) electrons. The Labute approximate surface area is 109 Å². The lowest BCUT2D eigenvalue weighted by molar-refractivity contribution is -0.279. The number of hydrogen-bond donors (Lipinski definition) is 1. The van der Waals surface area contributed by atoms with Crippen LogP contribution in [0.5, 0.6) is 0 Å². The van der Waals surface area contributed by atoms with E-state index in [9.17, 15) is 35.9 Å². The summed E-state index contributed by atoms with van der Waals surface area (Å²) in [6.45, 7) is 0.434. The van der Waals surface area contributed by atoms with Crippen LogP contribution < -0.4 is 0 Å². The zero-order chi connectivity index (χ0) is 15.9. The maximum absolute atomic E-state index is 12.3. The van der Waals surface area contributed by atoms with Crippen LogP contribution in [-0.2, 0) is 9.59 Å². The van der Waals surface area contributed by atoms with Gasteiger partial charge in [0.25, 0.3) is 0 Å². The van der Waals surface area contributed by atoms with Crippen molar-refractivity contribution in [1.29, 1.82) is 0 Å². The van der Waals surface area contributed by atoms with Gasteiger partial charge in [0.2, 0.25) is 11.8 Å². The summed E-state index contributed by atoms with van der Waals surface area (Å²) in [7, 11) is 0. The van der Waals surface area contributed by atoms with Crippen molar-refractivity contribution in [3.05, 3.63) is 0 Å². The standard InChI is InChI=1S/C10H11F6NO3/c1-4(8(19)20)5-2-17(3-5)7(18)6(9(11,12)13)10(14,15)16/h4-6H,2-3H2,1H3,(H,19,20). The molecule has 0 spiro atoms. The van der Waals surface area contributed by atoms with Crippen molar-refractivity contribution in [3.8, 4) is 0 Å². The Kier molecular flexibility index (Phi) is 4.25. The van der Waals surface area contributed by atoms with Crippen molar-refractivity contribution in [2.45, 2.75) is 19.3 Å². The van der Waals surface area contributed by atoms with E-state index in [0.29, 0.717) is 4.90 Å². The molecule has 4 nitrogen and oxygen atoms in total. The van der Waals surface area contributed by atoms with Gasteiger partial charge < -0.3 is 10.0 Å². The van der Waals surface area contributed by atoms with Crippen molar-refractivity contribution >= 4 is 11.9 Å². The number of carboxylic acids is 1. The fourth-order valence-corrected chi connectivity index (χ4v) is 1.86. The minimum atomic E-state index is -5.72. The van der Waals surface area contributed by atoms with Crippen LogP contribution in [0.1, 0.15) is 6.92 Å². The first-order chi connectivity index (χ1) is 8.85. The zero-order valence-electron chi connectivity index (χ0n) is 10.1. The van der Waals surface area contributed by atoms with Gasteiger partial charge in [0.05, 0.1) is 5.92 Å². The monoisotopic (exact) mass is 307 g/mol. The third-order valence-corrected chi connectivity index (χ3v) is 3.22. The molecule has 1 aliphatic heterocycles. The number of nitrogens with zero attached hydrogens (tertiary/aromatic N) is 1. The molecular formula is C10H11F6NO3. The third-order valence-electron chi connectivity index (χ3n) is 3.22. The Balaban J connectivity index is 2.74. The van der Waals surface area contributed by atoms with Crippen LogP contribution in [0.3, 0.4) is 0 Å². The SMILES string of the molecule is CC(C(=O)O)C1CN(C(=O)C(C(F)(F)F)C(F)(F)F)C1. The molecule has 1 saturated heterocycles. The normalized spacial score (nSPS) is 18.9. The van der Waals surface area contributed by atoms with Gasteiger partial charge in [0.15, 0.2) is 0 Å². The summed E-state index contributed by atoms with van der Waals surface area (Å²) in [6, 6.07) is 0. The van der Waals surface area contributed by atoms with Crippen LogP contribution in [0.25, 0.3) is 0 Å². The largest absolute Gasteiger partial charge is 0.481 e. The van der Waals surface area contributed by atoms with E-state index in [-0.39, 0.29) is 0 Å². The van der Waals surface area contributed by atoms with E-state index in [1.54, 1.807) is 0 Å². The predicted molar refractivity (Wildman–Crippen MR) is 52.5 cm³/mol. The number of carbonyl (C=O) groups excluding carboxylic acids is 1. The fraction of sp³-hybridized carbons (Fsp3) is 0.800. The van der Waals surface area contributed by atoms with Gasteiger partial charge in [0, 0.05) is 19.0 Å². The second kappa shape index (κ2) is 5.13. The zero-order valence-corrected chi connectivity index (χ0v) is 10.1. The van der Waals surface area contributed by atoms with Gasteiger partial charge in [-0.2, -0.15) is 26.3 Å². The molecule has 0 bridgehead atoms. The highest BCUT2D eigenvalue weighted by Crippen LogP contribution is 2.41. The second-order valence-corrected chi connectivity index (χ2v) is 4.65. The average molecular weight is 307 g/mol. The van der Waals surface area contributed by atoms with E-state index >= 15 is 0 Å².